The van der Waals surface area contributed by atoms with E-state index in [1.54, 1.807) is 23.0 Å². The number of amides is 1. The number of aromatic nitrogens is 2. The lowest BCUT2D eigenvalue weighted by Crippen LogP contribution is -2.34. The highest BCUT2D eigenvalue weighted by atomic mass is 32.2. The predicted octanol–water partition coefficient (Wildman–Crippen LogP) is 4.61. The van der Waals surface area contributed by atoms with Crippen LogP contribution < -0.4 is 5.56 Å². The van der Waals surface area contributed by atoms with Gasteiger partial charge in [-0.2, -0.15) is 0 Å². The Kier molecular flexibility index (Phi) is 7.09. The lowest BCUT2D eigenvalue weighted by molar-refractivity contribution is -0.129. The van der Waals surface area contributed by atoms with E-state index in [1.165, 1.54) is 39.8 Å². The number of nitrogens with zero attached hydrogens (tertiary/aromatic N) is 3. The van der Waals surface area contributed by atoms with E-state index in [2.05, 4.69) is 24.3 Å². The molecule has 0 saturated heterocycles. The van der Waals surface area contributed by atoms with E-state index in [0.29, 0.717) is 18.3 Å². The Hall–Kier alpha value is -2.16. The predicted molar refractivity (Wildman–Crippen MR) is 138 cm³/mol. The lowest BCUT2D eigenvalue weighted by Gasteiger charge is -2.33. The Morgan fingerprint density at radius 1 is 1.24 bits per heavy atom. The molecule has 0 fully saturated rings. The van der Waals surface area contributed by atoms with Crippen molar-refractivity contribution in [2.24, 2.45) is 0 Å². The Bertz CT molecular complexity index is 1270. The fraction of sp³-hybridized carbons (Fsp3) is 0.500. The van der Waals surface area contributed by atoms with Gasteiger partial charge in [0.1, 0.15) is 4.83 Å². The van der Waals surface area contributed by atoms with E-state index >= 15 is 0 Å². The second-order valence-electron chi connectivity index (χ2n) is 9.14. The first kappa shape index (κ1) is 23.6. The molecule has 1 amide bonds. The van der Waals surface area contributed by atoms with Crippen LogP contribution in [-0.4, -0.2) is 46.9 Å². The van der Waals surface area contributed by atoms with Crippen LogP contribution in [0.2, 0.25) is 0 Å². The maximum atomic E-state index is 13.5. The van der Waals surface area contributed by atoms with Gasteiger partial charge in [-0.3, -0.25) is 14.2 Å². The van der Waals surface area contributed by atoms with Gasteiger partial charge in [-0.05, 0) is 61.6 Å². The van der Waals surface area contributed by atoms with Crippen molar-refractivity contribution in [3.8, 4) is 0 Å². The maximum Gasteiger partial charge on any atom is 0.263 e. The minimum absolute atomic E-state index is 0.00552. The van der Waals surface area contributed by atoms with Gasteiger partial charge in [0, 0.05) is 19.0 Å². The maximum absolute atomic E-state index is 13.5. The van der Waals surface area contributed by atoms with Crippen molar-refractivity contribution in [2.45, 2.75) is 62.7 Å². The summed E-state index contributed by atoms with van der Waals surface area (Å²) >= 11 is 3.02. The zero-order chi connectivity index (χ0) is 23.7. The lowest BCUT2D eigenvalue weighted by atomic mass is 9.87. The molecule has 180 valence electrons. The SMILES string of the molecule is COCCn1c(SCC(=O)N(C)C2CCCc3ccccc32)nc2sc3c(c2c1=O)CCCC3. The van der Waals surface area contributed by atoms with Crippen LogP contribution in [0.5, 0.6) is 0 Å². The number of carbonyl (C=O) groups excluding carboxylic acids is 1. The average Bonchev–Trinajstić information content (AvgIpc) is 3.24. The Labute approximate surface area is 208 Å². The van der Waals surface area contributed by atoms with Crippen LogP contribution >= 0.6 is 23.1 Å². The number of rotatable bonds is 7. The van der Waals surface area contributed by atoms with Gasteiger partial charge in [0.25, 0.3) is 5.56 Å². The van der Waals surface area contributed by atoms with Gasteiger partial charge >= 0.3 is 0 Å². The molecule has 0 bridgehead atoms. The Balaban J connectivity index is 1.40. The first-order valence-electron chi connectivity index (χ1n) is 12.1. The Morgan fingerprint density at radius 2 is 2.06 bits per heavy atom. The smallest absolute Gasteiger partial charge is 0.263 e. The highest BCUT2D eigenvalue weighted by Crippen LogP contribution is 2.36. The third-order valence-corrected chi connectivity index (χ3v) is 9.23. The Morgan fingerprint density at radius 3 is 2.91 bits per heavy atom. The van der Waals surface area contributed by atoms with Crippen LogP contribution in [0.4, 0.5) is 0 Å². The molecule has 5 rings (SSSR count). The number of benzene rings is 1. The molecule has 8 heteroatoms. The van der Waals surface area contributed by atoms with Crippen molar-refractivity contribution in [2.75, 3.05) is 26.5 Å². The van der Waals surface area contributed by atoms with Crippen LogP contribution in [0.15, 0.2) is 34.2 Å². The summed E-state index contributed by atoms with van der Waals surface area (Å²) in [6, 6.07) is 8.55. The summed E-state index contributed by atoms with van der Waals surface area (Å²) in [5, 5.41) is 1.39. The van der Waals surface area contributed by atoms with E-state index < -0.39 is 0 Å². The number of aryl methyl sites for hydroxylation is 3. The van der Waals surface area contributed by atoms with Gasteiger partial charge in [0.05, 0.1) is 30.3 Å². The highest BCUT2D eigenvalue weighted by molar-refractivity contribution is 7.99. The molecule has 3 aromatic rings. The summed E-state index contributed by atoms with van der Waals surface area (Å²) in [5.41, 5.74) is 3.80. The van der Waals surface area contributed by atoms with Crippen molar-refractivity contribution in [3.63, 3.8) is 0 Å². The fourth-order valence-electron chi connectivity index (χ4n) is 5.24. The normalized spacial score (nSPS) is 17.4. The first-order chi connectivity index (χ1) is 16.6. The summed E-state index contributed by atoms with van der Waals surface area (Å²) in [6.45, 7) is 0.866. The second kappa shape index (κ2) is 10.2. The molecule has 34 heavy (non-hydrogen) atoms. The number of thiophene rings is 1. The third kappa shape index (κ3) is 4.43. The molecule has 1 unspecified atom stereocenters. The van der Waals surface area contributed by atoms with Crippen molar-refractivity contribution in [1.29, 1.82) is 0 Å². The fourth-order valence-corrected chi connectivity index (χ4v) is 7.49. The molecule has 0 aliphatic heterocycles. The van der Waals surface area contributed by atoms with Crippen LogP contribution in [-0.2, 0) is 35.3 Å². The number of carbonyl (C=O) groups is 1. The molecule has 0 N–H and O–H groups in total. The van der Waals surface area contributed by atoms with E-state index in [1.807, 2.05) is 11.9 Å². The van der Waals surface area contributed by atoms with Crippen LogP contribution in [0.3, 0.4) is 0 Å². The molecule has 1 aromatic carbocycles. The minimum Gasteiger partial charge on any atom is -0.383 e. The third-order valence-electron chi connectivity index (χ3n) is 7.08. The van der Waals surface area contributed by atoms with E-state index in [0.717, 1.165) is 48.7 Å². The zero-order valence-corrected chi connectivity index (χ0v) is 21.5. The molecular formula is C26H31N3O3S2. The van der Waals surface area contributed by atoms with E-state index in [9.17, 15) is 9.59 Å². The molecule has 2 heterocycles. The quantitative estimate of drug-likeness (QED) is 0.352. The van der Waals surface area contributed by atoms with Crippen molar-refractivity contribution < 1.29 is 9.53 Å². The highest BCUT2D eigenvalue weighted by Gasteiger charge is 2.27. The summed E-state index contributed by atoms with van der Waals surface area (Å²) in [4.78, 5) is 35.6. The molecule has 1 atom stereocenters. The monoisotopic (exact) mass is 497 g/mol. The first-order valence-corrected chi connectivity index (χ1v) is 13.9. The topological polar surface area (TPSA) is 64.4 Å². The van der Waals surface area contributed by atoms with E-state index in [4.69, 9.17) is 9.72 Å². The molecule has 0 radical (unpaired) electrons. The van der Waals surface area contributed by atoms with E-state index in [-0.39, 0.29) is 23.3 Å². The minimum atomic E-state index is 0.00552. The molecule has 2 aromatic heterocycles. The van der Waals surface area contributed by atoms with Gasteiger partial charge in [-0.15, -0.1) is 11.3 Å². The molecular weight excluding hydrogens is 466 g/mol. The van der Waals surface area contributed by atoms with Gasteiger partial charge in [-0.25, -0.2) is 4.98 Å². The van der Waals surface area contributed by atoms with Gasteiger partial charge < -0.3 is 9.64 Å². The second-order valence-corrected chi connectivity index (χ2v) is 11.2. The standard InChI is InChI=1S/C26H31N3O3S2/c1-28(20-12-7-9-17-8-3-4-10-18(17)20)22(30)16-33-26-27-24-23(25(31)29(26)14-15-32-2)19-11-5-6-13-21(19)34-24/h3-4,8,10,20H,5-7,9,11-16H2,1-2H3. The summed E-state index contributed by atoms with van der Waals surface area (Å²) in [6.07, 6.45) is 7.42. The van der Waals surface area contributed by atoms with Crippen molar-refractivity contribution >= 4 is 39.2 Å². The average molecular weight is 498 g/mol. The molecule has 0 spiro atoms. The zero-order valence-electron chi connectivity index (χ0n) is 19.8. The number of hydrogen-bond donors (Lipinski definition) is 0. The number of ether oxygens (including phenoxy) is 1. The van der Waals surface area contributed by atoms with Gasteiger partial charge in [0.15, 0.2) is 5.16 Å². The van der Waals surface area contributed by atoms with Crippen molar-refractivity contribution in [1.82, 2.24) is 14.5 Å². The molecule has 2 aliphatic carbocycles. The van der Waals surface area contributed by atoms with Crippen LogP contribution in [0.1, 0.15) is 53.3 Å². The molecule has 6 nitrogen and oxygen atoms in total. The van der Waals surface area contributed by atoms with Crippen LogP contribution in [0, 0.1) is 0 Å². The summed E-state index contributed by atoms with van der Waals surface area (Å²) in [5.74, 6) is 0.315. The van der Waals surface area contributed by atoms with Gasteiger partial charge in [0.2, 0.25) is 5.91 Å². The molecule has 0 saturated carbocycles. The molecule has 2 aliphatic rings. The largest absolute Gasteiger partial charge is 0.383 e. The number of thioether (sulfide) groups is 1. The number of hydrogen-bond acceptors (Lipinski definition) is 6. The summed E-state index contributed by atoms with van der Waals surface area (Å²) < 4.78 is 6.98. The number of methoxy groups -OCH3 is 1. The van der Waals surface area contributed by atoms with Crippen LogP contribution in [0.25, 0.3) is 10.2 Å². The number of fused-ring (bicyclic) bond motifs is 4. The van der Waals surface area contributed by atoms with Gasteiger partial charge in [-0.1, -0.05) is 36.0 Å². The van der Waals surface area contributed by atoms with Crippen molar-refractivity contribution in [3.05, 3.63) is 56.2 Å². The summed E-state index contributed by atoms with van der Waals surface area (Å²) in [7, 11) is 3.54.